The van der Waals surface area contributed by atoms with E-state index in [9.17, 15) is 9.18 Å². The van der Waals surface area contributed by atoms with Gasteiger partial charge in [-0.2, -0.15) is 0 Å². The molecule has 0 bridgehead atoms. The Morgan fingerprint density at radius 3 is 2.63 bits per heavy atom. The summed E-state index contributed by atoms with van der Waals surface area (Å²) >= 11 is 0. The first kappa shape index (κ1) is 15.6. The first-order valence-corrected chi connectivity index (χ1v) is 6.57. The maximum atomic E-state index is 13.9. The van der Waals surface area contributed by atoms with Crippen LogP contribution in [0.1, 0.15) is 43.1 Å². The number of nitrogens with two attached hydrogens (primary N) is 1. The number of aryl methyl sites for hydroxylation is 1. The summed E-state index contributed by atoms with van der Waals surface area (Å²) in [5, 5.41) is 2.85. The summed E-state index contributed by atoms with van der Waals surface area (Å²) in [6, 6.07) is 4.81. The molecule has 0 radical (unpaired) electrons. The predicted molar refractivity (Wildman–Crippen MR) is 75.5 cm³/mol. The lowest BCUT2D eigenvalue weighted by molar-refractivity contribution is 0.0894. The Hall–Kier alpha value is -1.42. The Morgan fingerprint density at radius 1 is 1.47 bits per heavy atom. The SMILES string of the molecule is Cc1cccc(C(=O)NC(C)(CN)CC(C)C)c1F. The summed E-state index contributed by atoms with van der Waals surface area (Å²) in [6.07, 6.45) is 0.753. The lowest BCUT2D eigenvalue weighted by Gasteiger charge is -2.31. The van der Waals surface area contributed by atoms with E-state index in [1.54, 1.807) is 19.1 Å². The summed E-state index contributed by atoms with van der Waals surface area (Å²) in [7, 11) is 0. The number of hydrogen-bond acceptors (Lipinski definition) is 2. The average Bonchev–Trinajstić information content (AvgIpc) is 2.31. The number of carbonyl (C=O) groups is 1. The molecule has 1 unspecified atom stereocenters. The van der Waals surface area contributed by atoms with Gasteiger partial charge >= 0.3 is 0 Å². The molecule has 3 nitrogen and oxygen atoms in total. The molecular formula is C15H23FN2O. The number of carbonyl (C=O) groups excluding carboxylic acids is 1. The van der Waals surface area contributed by atoms with E-state index in [4.69, 9.17) is 5.73 Å². The highest BCUT2D eigenvalue weighted by Gasteiger charge is 2.27. The Morgan fingerprint density at radius 2 is 2.11 bits per heavy atom. The van der Waals surface area contributed by atoms with Crippen LogP contribution in [0.2, 0.25) is 0 Å². The van der Waals surface area contributed by atoms with Crippen molar-refractivity contribution in [1.29, 1.82) is 0 Å². The molecule has 1 atom stereocenters. The second kappa shape index (κ2) is 6.15. The molecule has 106 valence electrons. The van der Waals surface area contributed by atoms with Crippen molar-refractivity contribution in [2.75, 3.05) is 6.54 Å². The van der Waals surface area contributed by atoms with Crippen LogP contribution in [0.3, 0.4) is 0 Å². The van der Waals surface area contributed by atoms with Crippen LogP contribution in [-0.2, 0) is 0 Å². The second-order valence-electron chi connectivity index (χ2n) is 5.75. The van der Waals surface area contributed by atoms with E-state index in [0.717, 1.165) is 6.42 Å². The summed E-state index contributed by atoms with van der Waals surface area (Å²) < 4.78 is 13.9. The first-order chi connectivity index (χ1) is 8.79. The van der Waals surface area contributed by atoms with E-state index in [2.05, 4.69) is 19.2 Å². The van der Waals surface area contributed by atoms with E-state index in [1.807, 2.05) is 6.92 Å². The summed E-state index contributed by atoms with van der Waals surface area (Å²) in [4.78, 5) is 12.2. The Balaban J connectivity index is 2.92. The van der Waals surface area contributed by atoms with Crippen LogP contribution in [0.5, 0.6) is 0 Å². The summed E-state index contributed by atoms with van der Waals surface area (Å²) in [5.74, 6) is -0.477. The number of benzene rings is 1. The van der Waals surface area contributed by atoms with Crippen molar-refractivity contribution < 1.29 is 9.18 Å². The number of rotatable bonds is 5. The maximum absolute atomic E-state index is 13.9. The largest absolute Gasteiger partial charge is 0.346 e. The van der Waals surface area contributed by atoms with Gasteiger partial charge in [0.05, 0.1) is 5.56 Å². The van der Waals surface area contributed by atoms with Crippen LogP contribution in [0.15, 0.2) is 18.2 Å². The van der Waals surface area contributed by atoms with Gasteiger partial charge in [-0.05, 0) is 37.8 Å². The van der Waals surface area contributed by atoms with E-state index >= 15 is 0 Å². The quantitative estimate of drug-likeness (QED) is 0.860. The molecule has 1 rings (SSSR count). The van der Waals surface area contributed by atoms with Crippen molar-refractivity contribution in [3.8, 4) is 0 Å². The molecular weight excluding hydrogens is 243 g/mol. The lowest BCUT2D eigenvalue weighted by Crippen LogP contribution is -2.52. The monoisotopic (exact) mass is 266 g/mol. The molecule has 0 heterocycles. The molecule has 0 saturated carbocycles. The molecule has 1 aromatic rings. The van der Waals surface area contributed by atoms with Crippen molar-refractivity contribution in [3.05, 3.63) is 35.1 Å². The highest BCUT2D eigenvalue weighted by Crippen LogP contribution is 2.18. The minimum Gasteiger partial charge on any atom is -0.346 e. The van der Waals surface area contributed by atoms with Crippen LogP contribution >= 0.6 is 0 Å². The molecule has 19 heavy (non-hydrogen) atoms. The Kier molecular flexibility index (Phi) is 5.06. The molecule has 0 aromatic heterocycles. The third kappa shape index (κ3) is 4.03. The van der Waals surface area contributed by atoms with Gasteiger partial charge in [0.1, 0.15) is 5.82 Å². The Labute approximate surface area is 114 Å². The highest BCUT2D eigenvalue weighted by molar-refractivity contribution is 5.95. The third-order valence-corrected chi connectivity index (χ3v) is 3.16. The van der Waals surface area contributed by atoms with Crippen LogP contribution in [0.4, 0.5) is 4.39 Å². The number of halogens is 1. The van der Waals surface area contributed by atoms with Gasteiger partial charge in [0.15, 0.2) is 0 Å². The molecule has 0 fully saturated rings. The highest BCUT2D eigenvalue weighted by atomic mass is 19.1. The Bertz CT molecular complexity index is 459. The van der Waals surface area contributed by atoms with Gasteiger partial charge < -0.3 is 11.1 Å². The molecule has 1 aromatic carbocycles. The molecule has 1 amide bonds. The molecule has 3 N–H and O–H groups in total. The average molecular weight is 266 g/mol. The summed E-state index contributed by atoms with van der Waals surface area (Å²) in [5.41, 5.74) is 5.77. The van der Waals surface area contributed by atoms with Gasteiger partial charge in [-0.25, -0.2) is 4.39 Å². The number of hydrogen-bond donors (Lipinski definition) is 2. The van der Waals surface area contributed by atoms with Crippen LogP contribution in [-0.4, -0.2) is 18.0 Å². The lowest BCUT2D eigenvalue weighted by atomic mass is 9.90. The zero-order chi connectivity index (χ0) is 14.6. The second-order valence-corrected chi connectivity index (χ2v) is 5.75. The zero-order valence-corrected chi connectivity index (χ0v) is 12.1. The van der Waals surface area contributed by atoms with Crippen molar-refractivity contribution in [1.82, 2.24) is 5.32 Å². The van der Waals surface area contributed by atoms with E-state index < -0.39 is 17.3 Å². The first-order valence-electron chi connectivity index (χ1n) is 6.57. The minimum atomic E-state index is -0.512. The minimum absolute atomic E-state index is 0.0726. The van der Waals surface area contributed by atoms with Gasteiger partial charge in [0.2, 0.25) is 0 Å². The smallest absolute Gasteiger partial charge is 0.254 e. The molecule has 0 saturated heterocycles. The molecule has 0 spiro atoms. The van der Waals surface area contributed by atoms with Gasteiger partial charge in [-0.3, -0.25) is 4.79 Å². The zero-order valence-electron chi connectivity index (χ0n) is 12.1. The molecule has 0 aliphatic rings. The van der Waals surface area contributed by atoms with Crippen molar-refractivity contribution in [2.45, 2.75) is 39.7 Å². The number of nitrogens with one attached hydrogen (secondary N) is 1. The van der Waals surface area contributed by atoms with Gasteiger partial charge in [0, 0.05) is 12.1 Å². The topological polar surface area (TPSA) is 55.1 Å². The normalized spacial score (nSPS) is 14.3. The van der Waals surface area contributed by atoms with E-state index in [0.29, 0.717) is 18.0 Å². The molecule has 4 heteroatoms. The van der Waals surface area contributed by atoms with E-state index in [1.165, 1.54) is 6.07 Å². The van der Waals surface area contributed by atoms with E-state index in [-0.39, 0.29) is 5.56 Å². The fourth-order valence-corrected chi connectivity index (χ4v) is 2.25. The molecule has 0 aliphatic heterocycles. The van der Waals surface area contributed by atoms with Crippen molar-refractivity contribution in [2.24, 2.45) is 11.7 Å². The maximum Gasteiger partial charge on any atom is 0.254 e. The number of amides is 1. The fraction of sp³-hybridized carbons (Fsp3) is 0.533. The van der Waals surface area contributed by atoms with Crippen LogP contribution < -0.4 is 11.1 Å². The van der Waals surface area contributed by atoms with Crippen molar-refractivity contribution in [3.63, 3.8) is 0 Å². The van der Waals surface area contributed by atoms with Gasteiger partial charge in [0.25, 0.3) is 5.91 Å². The third-order valence-electron chi connectivity index (χ3n) is 3.16. The predicted octanol–water partition coefficient (Wildman–Crippen LogP) is 2.63. The van der Waals surface area contributed by atoms with Crippen LogP contribution in [0, 0.1) is 18.7 Å². The fourth-order valence-electron chi connectivity index (χ4n) is 2.25. The van der Waals surface area contributed by atoms with Crippen molar-refractivity contribution >= 4 is 5.91 Å². The molecule has 0 aliphatic carbocycles. The standard InChI is InChI=1S/C15H23FN2O/c1-10(2)8-15(4,9-17)18-14(19)12-7-5-6-11(3)13(12)16/h5-7,10H,8-9,17H2,1-4H3,(H,18,19). The van der Waals surface area contributed by atoms with Gasteiger partial charge in [-0.15, -0.1) is 0 Å². The van der Waals surface area contributed by atoms with Crippen LogP contribution in [0.25, 0.3) is 0 Å². The summed E-state index contributed by atoms with van der Waals surface area (Å²) in [6.45, 7) is 7.98. The van der Waals surface area contributed by atoms with Gasteiger partial charge in [-0.1, -0.05) is 26.0 Å².